The number of amides is 1. The molecule has 0 aliphatic rings. The van der Waals surface area contributed by atoms with Gasteiger partial charge >= 0.3 is 0 Å². The zero-order valence-corrected chi connectivity index (χ0v) is 13.4. The van der Waals surface area contributed by atoms with Crippen molar-refractivity contribution in [2.75, 3.05) is 43.6 Å². The lowest BCUT2D eigenvalue weighted by atomic mass is 10.4. The lowest BCUT2D eigenvalue weighted by Crippen LogP contribution is -2.32. The van der Waals surface area contributed by atoms with Gasteiger partial charge in [0.05, 0.1) is 6.54 Å². The maximum atomic E-state index is 11.8. The van der Waals surface area contributed by atoms with Crippen molar-refractivity contribution in [2.24, 2.45) is 0 Å². The van der Waals surface area contributed by atoms with E-state index >= 15 is 0 Å². The molecule has 0 atom stereocenters. The predicted octanol–water partition coefficient (Wildman–Crippen LogP) is 1.91. The molecule has 0 radical (unpaired) electrons. The summed E-state index contributed by atoms with van der Waals surface area (Å²) in [6.45, 7) is 5.84. The minimum atomic E-state index is 0.0416. The highest BCUT2D eigenvalue weighted by atomic mass is 32.2. The SMILES string of the molecule is CCCNc1cc(NCC(=O)N(C)CC)nc(SC)n1. The molecule has 7 heteroatoms. The molecular formula is C13H23N5OS. The first-order valence-corrected chi connectivity index (χ1v) is 7.97. The van der Waals surface area contributed by atoms with Gasteiger partial charge in [-0.15, -0.1) is 0 Å². The normalized spacial score (nSPS) is 10.2. The van der Waals surface area contributed by atoms with Gasteiger partial charge in [0.1, 0.15) is 11.6 Å². The number of rotatable bonds is 8. The van der Waals surface area contributed by atoms with Gasteiger partial charge in [0.15, 0.2) is 5.16 Å². The van der Waals surface area contributed by atoms with Crippen molar-refractivity contribution in [3.05, 3.63) is 6.07 Å². The number of anilines is 2. The van der Waals surface area contributed by atoms with Crippen LogP contribution in [0.1, 0.15) is 20.3 Å². The molecule has 1 heterocycles. The summed E-state index contributed by atoms with van der Waals surface area (Å²) in [7, 11) is 1.78. The smallest absolute Gasteiger partial charge is 0.241 e. The Balaban J connectivity index is 2.70. The van der Waals surface area contributed by atoms with Crippen LogP contribution in [0.3, 0.4) is 0 Å². The van der Waals surface area contributed by atoms with E-state index in [1.165, 1.54) is 11.8 Å². The average molecular weight is 297 g/mol. The molecule has 1 rings (SSSR count). The first-order valence-electron chi connectivity index (χ1n) is 6.75. The molecule has 0 saturated heterocycles. The maximum absolute atomic E-state index is 11.8. The Kier molecular flexibility index (Phi) is 7.14. The van der Waals surface area contributed by atoms with E-state index in [0.29, 0.717) is 17.5 Å². The summed E-state index contributed by atoms with van der Waals surface area (Å²) in [5, 5.41) is 6.97. The molecule has 0 bridgehead atoms. The Labute approximate surface area is 124 Å². The first-order chi connectivity index (χ1) is 9.60. The number of carbonyl (C=O) groups excluding carboxylic acids is 1. The number of likely N-dealkylation sites (N-methyl/N-ethyl adjacent to an activating group) is 1. The summed E-state index contributed by atoms with van der Waals surface area (Å²) in [6, 6.07) is 1.83. The molecule has 0 aromatic carbocycles. The van der Waals surface area contributed by atoms with Crippen molar-refractivity contribution in [3.63, 3.8) is 0 Å². The van der Waals surface area contributed by atoms with Crippen LogP contribution in [0.4, 0.5) is 11.6 Å². The molecule has 0 saturated carbocycles. The van der Waals surface area contributed by atoms with Gasteiger partial charge in [-0.2, -0.15) is 0 Å². The quantitative estimate of drug-likeness (QED) is 0.564. The minimum absolute atomic E-state index is 0.0416. The van der Waals surface area contributed by atoms with E-state index in [1.807, 2.05) is 19.2 Å². The number of hydrogen-bond donors (Lipinski definition) is 2. The van der Waals surface area contributed by atoms with Gasteiger partial charge in [-0.25, -0.2) is 9.97 Å². The predicted molar refractivity (Wildman–Crippen MR) is 84.4 cm³/mol. The topological polar surface area (TPSA) is 70.2 Å². The van der Waals surface area contributed by atoms with Crippen LogP contribution in [0.15, 0.2) is 11.2 Å². The molecule has 1 aromatic rings. The Hall–Kier alpha value is -1.50. The van der Waals surface area contributed by atoms with Crippen LogP contribution in [-0.2, 0) is 4.79 Å². The molecule has 0 unspecified atom stereocenters. The summed E-state index contributed by atoms with van der Waals surface area (Å²) in [5.74, 6) is 1.49. The van der Waals surface area contributed by atoms with E-state index in [1.54, 1.807) is 11.9 Å². The van der Waals surface area contributed by atoms with Gasteiger partial charge in [-0.1, -0.05) is 18.7 Å². The third-order valence-corrected chi connectivity index (χ3v) is 3.31. The summed E-state index contributed by atoms with van der Waals surface area (Å²) in [5.41, 5.74) is 0. The van der Waals surface area contributed by atoms with E-state index in [0.717, 1.165) is 18.8 Å². The van der Waals surface area contributed by atoms with Gasteiger partial charge in [-0.05, 0) is 19.6 Å². The fraction of sp³-hybridized carbons (Fsp3) is 0.615. The van der Waals surface area contributed by atoms with Crippen LogP contribution in [0.2, 0.25) is 0 Å². The average Bonchev–Trinajstić information content (AvgIpc) is 2.49. The Morgan fingerprint density at radius 3 is 2.50 bits per heavy atom. The van der Waals surface area contributed by atoms with Crippen LogP contribution < -0.4 is 10.6 Å². The molecule has 0 spiro atoms. The van der Waals surface area contributed by atoms with Gasteiger partial charge in [-0.3, -0.25) is 4.79 Å². The van der Waals surface area contributed by atoms with E-state index in [4.69, 9.17) is 0 Å². The van der Waals surface area contributed by atoms with Crippen LogP contribution in [0, 0.1) is 0 Å². The van der Waals surface area contributed by atoms with E-state index in [9.17, 15) is 4.79 Å². The standard InChI is InChI=1S/C13H23N5OS/c1-5-7-14-10-8-11(17-13(16-10)20-4)15-9-12(19)18(3)6-2/h8H,5-7,9H2,1-4H3,(H2,14,15,16,17). The molecule has 1 amide bonds. The molecule has 2 N–H and O–H groups in total. The Morgan fingerprint density at radius 1 is 1.30 bits per heavy atom. The number of nitrogens with one attached hydrogen (secondary N) is 2. The largest absolute Gasteiger partial charge is 0.370 e. The number of aromatic nitrogens is 2. The zero-order valence-electron chi connectivity index (χ0n) is 12.6. The molecule has 0 aliphatic heterocycles. The third-order valence-electron chi connectivity index (χ3n) is 2.77. The highest BCUT2D eigenvalue weighted by Gasteiger charge is 2.08. The van der Waals surface area contributed by atoms with Crippen molar-refractivity contribution in [1.82, 2.24) is 14.9 Å². The third kappa shape index (κ3) is 5.24. The van der Waals surface area contributed by atoms with Crippen LogP contribution >= 0.6 is 11.8 Å². The summed E-state index contributed by atoms with van der Waals surface area (Å²) >= 11 is 1.48. The summed E-state index contributed by atoms with van der Waals surface area (Å²) in [4.78, 5) is 22.1. The van der Waals surface area contributed by atoms with Crippen molar-refractivity contribution in [2.45, 2.75) is 25.4 Å². The maximum Gasteiger partial charge on any atom is 0.241 e. The number of nitrogens with zero attached hydrogens (tertiary/aromatic N) is 3. The first kappa shape index (κ1) is 16.6. The fourth-order valence-corrected chi connectivity index (χ4v) is 1.81. The van der Waals surface area contributed by atoms with Crippen molar-refractivity contribution in [3.8, 4) is 0 Å². The zero-order chi connectivity index (χ0) is 15.0. The van der Waals surface area contributed by atoms with E-state index < -0.39 is 0 Å². The highest BCUT2D eigenvalue weighted by molar-refractivity contribution is 7.98. The monoisotopic (exact) mass is 297 g/mol. The minimum Gasteiger partial charge on any atom is -0.370 e. The number of hydrogen-bond acceptors (Lipinski definition) is 6. The van der Waals surface area contributed by atoms with Gasteiger partial charge in [0, 0.05) is 26.2 Å². The van der Waals surface area contributed by atoms with E-state index in [-0.39, 0.29) is 12.5 Å². The summed E-state index contributed by atoms with van der Waals surface area (Å²) in [6.07, 6.45) is 2.96. The number of thioether (sulfide) groups is 1. The lowest BCUT2D eigenvalue weighted by molar-refractivity contribution is -0.127. The second-order valence-electron chi connectivity index (χ2n) is 4.31. The Morgan fingerprint density at radius 2 is 1.95 bits per heavy atom. The van der Waals surface area contributed by atoms with Crippen molar-refractivity contribution < 1.29 is 4.79 Å². The van der Waals surface area contributed by atoms with Gasteiger partial charge in [0.25, 0.3) is 0 Å². The number of carbonyl (C=O) groups is 1. The molecule has 0 aliphatic carbocycles. The second-order valence-corrected chi connectivity index (χ2v) is 5.09. The molecular weight excluding hydrogens is 274 g/mol. The fourth-order valence-electron chi connectivity index (χ4n) is 1.43. The van der Waals surface area contributed by atoms with Gasteiger partial charge in [0.2, 0.25) is 5.91 Å². The van der Waals surface area contributed by atoms with Crippen LogP contribution in [-0.4, -0.2) is 53.7 Å². The van der Waals surface area contributed by atoms with Crippen molar-refractivity contribution >= 4 is 29.3 Å². The van der Waals surface area contributed by atoms with Crippen LogP contribution in [0.25, 0.3) is 0 Å². The van der Waals surface area contributed by atoms with Crippen LogP contribution in [0.5, 0.6) is 0 Å². The second kappa shape index (κ2) is 8.63. The Bertz CT molecular complexity index is 441. The molecule has 112 valence electrons. The highest BCUT2D eigenvalue weighted by Crippen LogP contribution is 2.17. The van der Waals surface area contributed by atoms with Crippen molar-refractivity contribution in [1.29, 1.82) is 0 Å². The molecule has 20 heavy (non-hydrogen) atoms. The summed E-state index contributed by atoms with van der Waals surface area (Å²) < 4.78 is 0. The van der Waals surface area contributed by atoms with E-state index in [2.05, 4.69) is 27.5 Å². The molecule has 1 aromatic heterocycles. The lowest BCUT2D eigenvalue weighted by Gasteiger charge is -2.15. The van der Waals surface area contributed by atoms with Gasteiger partial charge < -0.3 is 15.5 Å². The molecule has 0 fully saturated rings. The molecule has 6 nitrogen and oxygen atoms in total.